The number of thioether (sulfide) groups is 1. The number of carbonyl (C=O) groups is 1. The number of halogens is 3. The Hall–Kier alpha value is -3.04. The molecule has 36 heavy (non-hydrogen) atoms. The van der Waals surface area contributed by atoms with Crippen LogP contribution in [0.2, 0.25) is 0 Å². The summed E-state index contributed by atoms with van der Waals surface area (Å²) in [6, 6.07) is 6.89. The molecule has 0 saturated carbocycles. The number of nitriles is 1. The highest BCUT2D eigenvalue weighted by atomic mass is 32.2. The van der Waals surface area contributed by atoms with Crippen molar-refractivity contribution in [2.24, 2.45) is 7.05 Å². The van der Waals surface area contributed by atoms with Gasteiger partial charge in [0.1, 0.15) is 23.4 Å². The number of thiophene rings is 1. The Morgan fingerprint density at radius 2 is 2.03 bits per heavy atom. The van der Waals surface area contributed by atoms with Gasteiger partial charge in [-0.15, -0.1) is 21.5 Å². The average Bonchev–Trinajstić information content (AvgIpc) is 3.34. The van der Waals surface area contributed by atoms with Crippen LogP contribution in [0.4, 0.5) is 18.2 Å². The molecule has 0 spiro atoms. The Kier molecular flexibility index (Phi) is 8.21. The summed E-state index contributed by atoms with van der Waals surface area (Å²) in [4.78, 5) is 13.8. The standard InChI is InChI=1S/C24H24F3N5O2S2/c1-32-20(13-34-16-8-6-7-15(11-16)24(25,26)27)30-31-23(32)35-14-21(33)29-22-18(12-28)17-9-4-2-3-5-10-19(17)36-22/h6-8,11H,2-5,9-10,13-14H2,1H3,(H,29,33). The monoisotopic (exact) mass is 535 g/mol. The highest BCUT2D eigenvalue weighted by molar-refractivity contribution is 7.99. The van der Waals surface area contributed by atoms with Crippen molar-refractivity contribution in [3.63, 3.8) is 0 Å². The van der Waals surface area contributed by atoms with E-state index in [1.807, 2.05) is 0 Å². The second kappa shape index (κ2) is 11.3. The molecule has 0 aliphatic heterocycles. The molecule has 1 N–H and O–H groups in total. The number of aromatic nitrogens is 3. The fourth-order valence-corrected chi connectivity index (χ4v) is 5.91. The van der Waals surface area contributed by atoms with Crippen molar-refractivity contribution in [1.29, 1.82) is 5.26 Å². The number of anilines is 1. The second-order valence-corrected chi connectivity index (χ2v) is 10.4. The van der Waals surface area contributed by atoms with Crippen LogP contribution < -0.4 is 10.1 Å². The minimum atomic E-state index is -4.45. The smallest absolute Gasteiger partial charge is 0.416 e. The molecule has 0 atom stereocenters. The van der Waals surface area contributed by atoms with E-state index in [9.17, 15) is 23.2 Å². The van der Waals surface area contributed by atoms with Gasteiger partial charge in [0.05, 0.1) is 16.9 Å². The lowest BCUT2D eigenvalue weighted by Crippen LogP contribution is -2.14. The molecular formula is C24H24F3N5O2S2. The number of rotatable bonds is 7. The lowest BCUT2D eigenvalue weighted by atomic mass is 9.97. The van der Waals surface area contributed by atoms with Crippen molar-refractivity contribution in [2.75, 3.05) is 11.1 Å². The average molecular weight is 536 g/mol. The maximum Gasteiger partial charge on any atom is 0.416 e. The molecule has 1 aromatic carbocycles. The Morgan fingerprint density at radius 1 is 1.25 bits per heavy atom. The Bertz CT molecular complexity index is 1280. The third-order valence-corrected chi connectivity index (χ3v) is 8.05. The molecule has 0 fully saturated rings. The first-order valence-corrected chi connectivity index (χ1v) is 13.2. The summed E-state index contributed by atoms with van der Waals surface area (Å²) in [5, 5.41) is 21.7. The van der Waals surface area contributed by atoms with Crippen LogP contribution in [0.15, 0.2) is 29.4 Å². The van der Waals surface area contributed by atoms with E-state index in [1.54, 1.807) is 11.6 Å². The van der Waals surface area contributed by atoms with Gasteiger partial charge in [-0.05, 0) is 49.4 Å². The van der Waals surface area contributed by atoms with Crippen molar-refractivity contribution in [3.8, 4) is 11.8 Å². The number of ether oxygens (including phenoxy) is 1. The lowest BCUT2D eigenvalue weighted by molar-refractivity contribution is -0.137. The van der Waals surface area contributed by atoms with Crippen LogP contribution in [0, 0.1) is 11.3 Å². The molecule has 0 unspecified atom stereocenters. The molecule has 2 heterocycles. The number of nitrogens with one attached hydrogen (secondary N) is 1. The summed E-state index contributed by atoms with van der Waals surface area (Å²) in [7, 11) is 1.69. The van der Waals surface area contributed by atoms with Gasteiger partial charge in [0.25, 0.3) is 0 Å². The highest BCUT2D eigenvalue weighted by Gasteiger charge is 2.30. The zero-order valence-corrected chi connectivity index (χ0v) is 21.2. The number of hydrogen-bond donors (Lipinski definition) is 1. The zero-order valence-electron chi connectivity index (χ0n) is 19.5. The molecule has 0 bridgehead atoms. The predicted molar refractivity (Wildman–Crippen MR) is 131 cm³/mol. The second-order valence-electron chi connectivity index (χ2n) is 8.34. The van der Waals surface area contributed by atoms with Crippen LogP contribution in [0.5, 0.6) is 5.75 Å². The molecule has 12 heteroatoms. The van der Waals surface area contributed by atoms with Gasteiger partial charge >= 0.3 is 6.18 Å². The minimum Gasteiger partial charge on any atom is -0.486 e. The molecule has 1 aliphatic rings. The number of nitrogens with zero attached hydrogens (tertiary/aromatic N) is 4. The molecule has 0 radical (unpaired) electrons. The topological polar surface area (TPSA) is 92.8 Å². The summed E-state index contributed by atoms with van der Waals surface area (Å²) < 4.78 is 45.8. The van der Waals surface area contributed by atoms with Gasteiger partial charge in [-0.25, -0.2) is 0 Å². The maximum atomic E-state index is 12.9. The molecule has 4 rings (SSSR count). The van der Waals surface area contributed by atoms with Gasteiger partial charge in [0.15, 0.2) is 11.0 Å². The number of fused-ring (bicyclic) bond motifs is 1. The number of carbonyl (C=O) groups excluding carboxylic acids is 1. The maximum absolute atomic E-state index is 12.9. The van der Waals surface area contributed by atoms with E-state index in [1.165, 1.54) is 46.5 Å². The molecule has 0 saturated heterocycles. The summed E-state index contributed by atoms with van der Waals surface area (Å²) >= 11 is 2.66. The van der Waals surface area contributed by atoms with Crippen LogP contribution in [0.3, 0.4) is 0 Å². The molecule has 1 amide bonds. The normalized spacial score (nSPS) is 13.9. The van der Waals surface area contributed by atoms with E-state index < -0.39 is 11.7 Å². The van der Waals surface area contributed by atoms with Crippen LogP contribution in [0.1, 0.15) is 53.1 Å². The summed E-state index contributed by atoms with van der Waals surface area (Å²) in [6.45, 7) is -0.0795. The van der Waals surface area contributed by atoms with Gasteiger partial charge < -0.3 is 14.6 Å². The molecule has 3 aromatic rings. The lowest BCUT2D eigenvalue weighted by Gasteiger charge is -2.10. The molecule has 7 nitrogen and oxygen atoms in total. The van der Waals surface area contributed by atoms with Crippen LogP contribution in [0.25, 0.3) is 0 Å². The highest BCUT2D eigenvalue weighted by Crippen LogP contribution is 2.37. The van der Waals surface area contributed by atoms with Crippen LogP contribution >= 0.6 is 23.1 Å². The van der Waals surface area contributed by atoms with Crippen LogP contribution in [-0.2, 0) is 37.5 Å². The zero-order chi connectivity index (χ0) is 25.7. The van der Waals surface area contributed by atoms with Crippen molar-refractivity contribution >= 4 is 34.0 Å². The van der Waals surface area contributed by atoms with Crippen molar-refractivity contribution in [1.82, 2.24) is 14.8 Å². The van der Waals surface area contributed by atoms with Gasteiger partial charge in [-0.2, -0.15) is 18.4 Å². The Balaban J connectivity index is 1.34. The first-order valence-electron chi connectivity index (χ1n) is 11.4. The van der Waals surface area contributed by atoms with Crippen LogP contribution in [-0.4, -0.2) is 26.4 Å². The number of amides is 1. The summed E-state index contributed by atoms with van der Waals surface area (Å²) in [5.41, 5.74) is 0.851. The third-order valence-electron chi connectivity index (χ3n) is 5.82. The molecule has 1 aliphatic carbocycles. The number of aryl methyl sites for hydroxylation is 1. The van der Waals surface area contributed by atoms with Gasteiger partial charge in [-0.1, -0.05) is 30.7 Å². The molecule has 190 valence electrons. The fraction of sp³-hybridized carbons (Fsp3) is 0.417. The van der Waals surface area contributed by atoms with E-state index in [4.69, 9.17) is 4.74 Å². The minimum absolute atomic E-state index is 0.0634. The number of alkyl halides is 3. The number of hydrogen-bond acceptors (Lipinski definition) is 7. The van der Waals surface area contributed by atoms with E-state index in [2.05, 4.69) is 21.6 Å². The van der Waals surface area contributed by atoms with Crippen molar-refractivity contribution in [3.05, 3.63) is 51.7 Å². The summed E-state index contributed by atoms with van der Waals surface area (Å²) in [5.74, 6) is 0.281. The third kappa shape index (κ3) is 6.20. The Morgan fingerprint density at radius 3 is 2.78 bits per heavy atom. The number of benzene rings is 1. The van der Waals surface area contributed by atoms with Gasteiger partial charge in [-0.3, -0.25) is 4.79 Å². The SMILES string of the molecule is Cn1c(COc2cccc(C(F)(F)F)c2)nnc1SCC(=O)Nc1sc2c(c1C#N)CCCCCC2. The van der Waals surface area contributed by atoms with Crippen molar-refractivity contribution in [2.45, 2.75) is 56.5 Å². The van der Waals surface area contributed by atoms with Gasteiger partial charge in [0, 0.05) is 11.9 Å². The molecular weight excluding hydrogens is 511 g/mol. The Labute approximate surface area is 214 Å². The van der Waals surface area contributed by atoms with E-state index in [0.29, 0.717) is 21.5 Å². The molecule has 2 aromatic heterocycles. The quantitative estimate of drug-likeness (QED) is 0.388. The van der Waals surface area contributed by atoms with E-state index in [-0.39, 0.29) is 24.0 Å². The first-order chi connectivity index (χ1) is 17.3. The fourth-order valence-electron chi connectivity index (χ4n) is 3.93. The first kappa shape index (κ1) is 26.0. The van der Waals surface area contributed by atoms with E-state index >= 15 is 0 Å². The van der Waals surface area contributed by atoms with Crippen molar-refractivity contribution < 1.29 is 22.7 Å². The summed E-state index contributed by atoms with van der Waals surface area (Å²) in [6.07, 6.45) is 1.82. The van der Waals surface area contributed by atoms with Gasteiger partial charge in [0.2, 0.25) is 5.91 Å². The van der Waals surface area contributed by atoms with E-state index in [0.717, 1.165) is 49.8 Å². The largest absolute Gasteiger partial charge is 0.486 e. The predicted octanol–water partition coefficient (Wildman–Crippen LogP) is 5.74.